The SMILES string of the molecule is O=P(O)(c1ccccc1)c1ccccc1.[Cr]. The van der Waals surface area contributed by atoms with E-state index in [0.717, 1.165) is 0 Å². The van der Waals surface area contributed by atoms with Crippen LogP contribution in [0.4, 0.5) is 0 Å². The summed E-state index contributed by atoms with van der Waals surface area (Å²) in [5.74, 6) is 0. The average molecular weight is 270 g/mol. The van der Waals surface area contributed by atoms with Crippen molar-refractivity contribution in [2.24, 2.45) is 0 Å². The summed E-state index contributed by atoms with van der Waals surface area (Å²) < 4.78 is 12.2. The van der Waals surface area contributed by atoms with Gasteiger partial charge in [-0.3, -0.25) is 4.57 Å². The van der Waals surface area contributed by atoms with Crippen molar-refractivity contribution in [2.75, 3.05) is 0 Å². The van der Waals surface area contributed by atoms with E-state index in [0.29, 0.717) is 10.6 Å². The predicted molar refractivity (Wildman–Crippen MR) is 62.0 cm³/mol. The molecule has 0 fully saturated rings. The van der Waals surface area contributed by atoms with Crippen LogP contribution in [0.25, 0.3) is 0 Å². The Morgan fingerprint density at radius 3 is 1.38 bits per heavy atom. The zero-order chi connectivity index (χ0) is 10.7. The van der Waals surface area contributed by atoms with Crippen molar-refractivity contribution in [2.45, 2.75) is 0 Å². The molecular weight excluding hydrogens is 259 g/mol. The van der Waals surface area contributed by atoms with Gasteiger partial charge in [0.05, 0.1) is 0 Å². The second-order valence-electron chi connectivity index (χ2n) is 3.25. The second-order valence-corrected chi connectivity index (χ2v) is 5.43. The molecule has 1 N–H and O–H groups in total. The quantitative estimate of drug-likeness (QED) is 0.846. The van der Waals surface area contributed by atoms with Crippen LogP contribution in [0.1, 0.15) is 0 Å². The van der Waals surface area contributed by atoms with E-state index in [9.17, 15) is 9.46 Å². The van der Waals surface area contributed by atoms with Crippen LogP contribution in [-0.4, -0.2) is 4.89 Å². The first-order chi connectivity index (χ1) is 7.21. The number of benzene rings is 2. The summed E-state index contributed by atoms with van der Waals surface area (Å²) in [6, 6.07) is 17.4. The largest absolute Gasteiger partial charge is 0.338 e. The summed E-state index contributed by atoms with van der Waals surface area (Å²) in [6.07, 6.45) is 0. The van der Waals surface area contributed by atoms with Gasteiger partial charge in [-0.25, -0.2) is 0 Å². The normalized spacial score (nSPS) is 10.6. The maximum atomic E-state index is 12.2. The summed E-state index contributed by atoms with van der Waals surface area (Å²) in [6.45, 7) is 0. The van der Waals surface area contributed by atoms with Gasteiger partial charge in [0, 0.05) is 28.0 Å². The predicted octanol–water partition coefficient (Wildman–Crippen LogP) is 1.91. The third kappa shape index (κ3) is 2.64. The van der Waals surface area contributed by atoms with Crippen LogP contribution in [0.5, 0.6) is 0 Å². The van der Waals surface area contributed by atoms with Gasteiger partial charge in [-0.15, -0.1) is 0 Å². The van der Waals surface area contributed by atoms with Crippen LogP contribution in [0.3, 0.4) is 0 Å². The van der Waals surface area contributed by atoms with E-state index in [-0.39, 0.29) is 17.4 Å². The first-order valence-electron chi connectivity index (χ1n) is 4.65. The third-order valence-corrected chi connectivity index (χ3v) is 4.21. The second kappa shape index (κ2) is 5.48. The summed E-state index contributed by atoms with van der Waals surface area (Å²) in [7, 11) is -3.40. The molecule has 0 saturated carbocycles. The van der Waals surface area contributed by atoms with Crippen molar-refractivity contribution >= 4 is 18.0 Å². The minimum atomic E-state index is -3.40. The van der Waals surface area contributed by atoms with Crippen LogP contribution in [0.2, 0.25) is 0 Å². The van der Waals surface area contributed by atoms with E-state index in [1.807, 2.05) is 12.1 Å². The fraction of sp³-hybridized carbons (Fsp3) is 0. The number of rotatable bonds is 2. The van der Waals surface area contributed by atoms with Crippen molar-refractivity contribution < 1.29 is 26.8 Å². The molecular formula is C12H11CrO2P. The van der Waals surface area contributed by atoms with Crippen molar-refractivity contribution in [1.29, 1.82) is 0 Å². The molecule has 0 aliphatic rings. The fourth-order valence-corrected chi connectivity index (χ4v) is 2.86. The van der Waals surface area contributed by atoms with Crippen LogP contribution in [-0.2, 0) is 21.9 Å². The van der Waals surface area contributed by atoms with E-state index in [1.54, 1.807) is 48.5 Å². The van der Waals surface area contributed by atoms with E-state index < -0.39 is 7.37 Å². The summed E-state index contributed by atoms with van der Waals surface area (Å²) in [5.41, 5.74) is 0. The molecule has 0 heterocycles. The Balaban J connectivity index is 0.00000128. The van der Waals surface area contributed by atoms with Crippen molar-refractivity contribution in [3.05, 3.63) is 60.7 Å². The van der Waals surface area contributed by atoms with Gasteiger partial charge in [-0.05, 0) is 24.3 Å². The Labute approximate surface area is 106 Å². The Morgan fingerprint density at radius 1 is 0.750 bits per heavy atom. The molecule has 4 heteroatoms. The number of hydrogen-bond donors (Lipinski definition) is 1. The minimum Gasteiger partial charge on any atom is -0.338 e. The molecule has 82 valence electrons. The summed E-state index contributed by atoms with van der Waals surface area (Å²) in [4.78, 5) is 10.0. The topological polar surface area (TPSA) is 37.3 Å². The van der Waals surface area contributed by atoms with E-state index in [2.05, 4.69) is 0 Å². The number of hydrogen-bond acceptors (Lipinski definition) is 1. The first kappa shape index (κ1) is 13.2. The Hall–Kier alpha value is -0.838. The standard InChI is InChI=1S/C12H11O2P.Cr/c13-15(14,11-7-3-1-4-8-11)12-9-5-2-6-10-12;/h1-10H,(H,13,14);. The fourth-order valence-electron chi connectivity index (χ4n) is 1.41. The van der Waals surface area contributed by atoms with E-state index >= 15 is 0 Å². The maximum absolute atomic E-state index is 12.2. The van der Waals surface area contributed by atoms with E-state index in [1.165, 1.54) is 0 Å². The molecule has 0 aliphatic carbocycles. The molecule has 0 unspecified atom stereocenters. The van der Waals surface area contributed by atoms with Crippen LogP contribution < -0.4 is 10.6 Å². The molecule has 16 heavy (non-hydrogen) atoms. The summed E-state index contributed by atoms with van der Waals surface area (Å²) in [5, 5.41) is 0.937. The smallest absolute Gasteiger partial charge is 0.258 e. The van der Waals surface area contributed by atoms with Crippen molar-refractivity contribution in [3.8, 4) is 0 Å². The van der Waals surface area contributed by atoms with Gasteiger partial charge in [0.2, 0.25) is 0 Å². The average Bonchev–Trinajstić information content (AvgIpc) is 2.31. The van der Waals surface area contributed by atoms with Crippen LogP contribution in [0, 0.1) is 0 Å². The van der Waals surface area contributed by atoms with Crippen LogP contribution >= 0.6 is 7.37 Å². The van der Waals surface area contributed by atoms with Gasteiger partial charge in [0.25, 0.3) is 7.37 Å². The zero-order valence-corrected chi connectivity index (χ0v) is 10.7. The van der Waals surface area contributed by atoms with Crippen LogP contribution in [0.15, 0.2) is 60.7 Å². The molecule has 0 atom stereocenters. The molecule has 0 amide bonds. The van der Waals surface area contributed by atoms with Gasteiger partial charge in [-0.2, -0.15) is 0 Å². The first-order valence-corrected chi connectivity index (χ1v) is 6.31. The molecule has 0 aromatic heterocycles. The molecule has 0 aliphatic heterocycles. The summed E-state index contributed by atoms with van der Waals surface area (Å²) >= 11 is 0. The minimum absolute atomic E-state index is 0. The van der Waals surface area contributed by atoms with Gasteiger partial charge in [0.1, 0.15) is 0 Å². The van der Waals surface area contributed by atoms with Gasteiger partial charge in [0.15, 0.2) is 0 Å². The molecule has 0 radical (unpaired) electrons. The van der Waals surface area contributed by atoms with Gasteiger partial charge >= 0.3 is 0 Å². The zero-order valence-electron chi connectivity index (χ0n) is 8.48. The third-order valence-electron chi connectivity index (χ3n) is 2.21. The Morgan fingerprint density at radius 2 is 1.06 bits per heavy atom. The Kier molecular flexibility index (Phi) is 4.53. The van der Waals surface area contributed by atoms with Crippen molar-refractivity contribution in [1.82, 2.24) is 0 Å². The monoisotopic (exact) mass is 270 g/mol. The molecule has 2 nitrogen and oxygen atoms in total. The van der Waals surface area contributed by atoms with E-state index in [4.69, 9.17) is 0 Å². The van der Waals surface area contributed by atoms with Crippen molar-refractivity contribution in [3.63, 3.8) is 0 Å². The maximum Gasteiger partial charge on any atom is 0.258 e. The molecule has 0 spiro atoms. The van der Waals surface area contributed by atoms with Gasteiger partial charge in [-0.1, -0.05) is 36.4 Å². The molecule has 2 aromatic carbocycles. The molecule has 0 saturated heterocycles. The molecule has 2 rings (SSSR count). The molecule has 0 bridgehead atoms. The Bertz CT molecular complexity index is 441. The molecule has 2 aromatic rings. The van der Waals surface area contributed by atoms with Gasteiger partial charge < -0.3 is 4.89 Å².